The summed E-state index contributed by atoms with van der Waals surface area (Å²) in [7, 11) is 0. The first kappa shape index (κ1) is 13.5. The van der Waals surface area contributed by atoms with Gasteiger partial charge in [0.05, 0.1) is 6.10 Å². The van der Waals surface area contributed by atoms with Crippen LogP contribution in [0.3, 0.4) is 0 Å². The van der Waals surface area contributed by atoms with E-state index in [1.54, 1.807) is 24.3 Å². The fraction of sp³-hybridized carbons (Fsp3) is 0.200. The zero-order chi connectivity index (χ0) is 13.8. The highest BCUT2D eigenvalue weighted by molar-refractivity contribution is 5.34. The van der Waals surface area contributed by atoms with E-state index in [0.29, 0.717) is 12.2 Å². The van der Waals surface area contributed by atoms with Crippen LogP contribution in [0.4, 0.5) is 8.78 Å². The van der Waals surface area contributed by atoms with Crippen molar-refractivity contribution in [3.05, 3.63) is 59.7 Å². The van der Waals surface area contributed by atoms with E-state index in [9.17, 15) is 13.9 Å². The molecule has 2 rings (SSSR count). The van der Waals surface area contributed by atoms with E-state index in [4.69, 9.17) is 4.74 Å². The van der Waals surface area contributed by atoms with Crippen molar-refractivity contribution in [2.75, 3.05) is 0 Å². The third kappa shape index (κ3) is 3.09. The van der Waals surface area contributed by atoms with Gasteiger partial charge in [0.25, 0.3) is 0 Å². The number of hydrogen-bond donors (Lipinski definition) is 1. The quantitative estimate of drug-likeness (QED) is 0.896. The van der Waals surface area contributed by atoms with Gasteiger partial charge in [0.15, 0.2) is 11.6 Å². The van der Waals surface area contributed by atoms with E-state index in [-0.39, 0.29) is 5.75 Å². The summed E-state index contributed by atoms with van der Waals surface area (Å²) < 4.78 is 31.7. The maximum Gasteiger partial charge on any atom is 0.201 e. The van der Waals surface area contributed by atoms with E-state index >= 15 is 0 Å². The number of ether oxygens (including phenoxy) is 1. The fourth-order valence-electron chi connectivity index (χ4n) is 1.68. The monoisotopic (exact) mass is 264 g/mol. The SMILES string of the molecule is CC[C@@H](O)c1ccc(Oc2cccc(F)c2F)cc1. The van der Waals surface area contributed by atoms with Gasteiger partial charge >= 0.3 is 0 Å². The van der Waals surface area contributed by atoms with Crippen molar-refractivity contribution in [3.8, 4) is 11.5 Å². The lowest BCUT2D eigenvalue weighted by Gasteiger charge is -2.10. The molecule has 1 atom stereocenters. The number of benzene rings is 2. The highest BCUT2D eigenvalue weighted by Crippen LogP contribution is 2.27. The van der Waals surface area contributed by atoms with E-state index in [1.807, 2.05) is 6.92 Å². The molecule has 0 unspecified atom stereocenters. The second-order valence-electron chi connectivity index (χ2n) is 4.15. The molecule has 2 aromatic rings. The number of aliphatic hydroxyl groups is 1. The predicted octanol–water partition coefficient (Wildman–Crippen LogP) is 4.20. The maximum absolute atomic E-state index is 13.4. The van der Waals surface area contributed by atoms with E-state index in [1.165, 1.54) is 12.1 Å². The van der Waals surface area contributed by atoms with Gasteiger partial charge in [-0.3, -0.25) is 0 Å². The van der Waals surface area contributed by atoms with Crippen LogP contribution in [-0.4, -0.2) is 5.11 Å². The molecule has 0 amide bonds. The molecule has 0 bridgehead atoms. The molecule has 0 aliphatic carbocycles. The van der Waals surface area contributed by atoms with Gasteiger partial charge in [-0.15, -0.1) is 0 Å². The first-order valence-electron chi connectivity index (χ1n) is 6.01. The summed E-state index contributed by atoms with van der Waals surface area (Å²) in [6.45, 7) is 1.87. The lowest BCUT2D eigenvalue weighted by Crippen LogP contribution is -1.95. The molecule has 0 radical (unpaired) electrons. The van der Waals surface area contributed by atoms with Crippen molar-refractivity contribution in [2.45, 2.75) is 19.4 Å². The Morgan fingerprint density at radius 3 is 2.42 bits per heavy atom. The second kappa shape index (κ2) is 5.80. The average molecular weight is 264 g/mol. The Morgan fingerprint density at radius 2 is 1.79 bits per heavy atom. The summed E-state index contributed by atoms with van der Waals surface area (Å²) in [5, 5.41) is 9.64. The zero-order valence-corrected chi connectivity index (χ0v) is 10.4. The molecule has 19 heavy (non-hydrogen) atoms. The first-order chi connectivity index (χ1) is 9.11. The van der Waals surface area contributed by atoms with Gasteiger partial charge in [0, 0.05) is 0 Å². The number of aliphatic hydroxyl groups excluding tert-OH is 1. The molecule has 0 aliphatic heterocycles. The summed E-state index contributed by atoms with van der Waals surface area (Å²) in [6, 6.07) is 10.4. The molecular formula is C15H14F2O2. The normalized spacial score (nSPS) is 12.2. The minimum Gasteiger partial charge on any atom is -0.454 e. The van der Waals surface area contributed by atoms with Crippen molar-refractivity contribution < 1.29 is 18.6 Å². The predicted molar refractivity (Wildman–Crippen MR) is 68.1 cm³/mol. The van der Waals surface area contributed by atoms with E-state index < -0.39 is 17.7 Å². The Hall–Kier alpha value is -1.94. The van der Waals surface area contributed by atoms with Crippen LogP contribution >= 0.6 is 0 Å². The van der Waals surface area contributed by atoms with Gasteiger partial charge < -0.3 is 9.84 Å². The van der Waals surface area contributed by atoms with Crippen molar-refractivity contribution in [1.29, 1.82) is 0 Å². The third-order valence-electron chi connectivity index (χ3n) is 2.80. The van der Waals surface area contributed by atoms with Crippen molar-refractivity contribution >= 4 is 0 Å². The minimum absolute atomic E-state index is 0.163. The number of rotatable bonds is 4. The second-order valence-corrected chi connectivity index (χ2v) is 4.15. The van der Waals surface area contributed by atoms with Crippen molar-refractivity contribution in [3.63, 3.8) is 0 Å². The third-order valence-corrected chi connectivity index (χ3v) is 2.80. The molecule has 0 saturated heterocycles. The van der Waals surface area contributed by atoms with Gasteiger partial charge in [0.1, 0.15) is 5.75 Å². The smallest absolute Gasteiger partial charge is 0.201 e. The maximum atomic E-state index is 13.4. The Balaban J connectivity index is 2.18. The average Bonchev–Trinajstić information content (AvgIpc) is 2.44. The van der Waals surface area contributed by atoms with Crippen LogP contribution in [0.2, 0.25) is 0 Å². The van der Waals surface area contributed by atoms with Crippen LogP contribution in [0, 0.1) is 11.6 Å². The Labute approximate surface area is 110 Å². The van der Waals surface area contributed by atoms with Crippen LogP contribution in [0.25, 0.3) is 0 Å². The summed E-state index contributed by atoms with van der Waals surface area (Å²) >= 11 is 0. The molecule has 0 aromatic heterocycles. The molecule has 100 valence electrons. The van der Waals surface area contributed by atoms with Crippen molar-refractivity contribution in [2.24, 2.45) is 0 Å². The molecule has 4 heteroatoms. The molecular weight excluding hydrogens is 250 g/mol. The Morgan fingerprint density at radius 1 is 1.11 bits per heavy atom. The summed E-state index contributed by atoms with van der Waals surface area (Å²) in [5.74, 6) is -1.74. The molecule has 0 spiro atoms. The highest BCUT2D eigenvalue weighted by atomic mass is 19.2. The van der Waals surface area contributed by atoms with Gasteiger partial charge in [-0.1, -0.05) is 25.1 Å². The van der Waals surface area contributed by atoms with Gasteiger partial charge in [-0.2, -0.15) is 4.39 Å². The summed E-state index contributed by atoms with van der Waals surface area (Å²) in [4.78, 5) is 0. The Bertz CT molecular complexity index is 553. The van der Waals surface area contributed by atoms with Crippen LogP contribution in [0.1, 0.15) is 25.0 Å². The first-order valence-corrected chi connectivity index (χ1v) is 6.01. The van der Waals surface area contributed by atoms with Gasteiger partial charge in [-0.05, 0) is 36.2 Å². The van der Waals surface area contributed by atoms with Crippen molar-refractivity contribution in [1.82, 2.24) is 0 Å². The summed E-state index contributed by atoms with van der Waals surface area (Å²) in [5.41, 5.74) is 0.759. The van der Waals surface area contributed by atoms with Crippen LogP contribution in [-0.2, 0) is 0 Å². The van der Waals surface area contributed by atoms with Crippen LogP contribution < -0.4 is 4.74 Å². The lowest BCUT2D eigenvalue weighted by molar-refractivity contribution is 0.173. The molecule has 2 aromatic carbocycles. The van der Waals surface area contributed by atoms with Crippen LogP contribution in [0.5, 0.6) is 11.5 Å². The van der Waals surface area contributed by atoms with Gasteiger partial charge in [-0.25, -0.2) is 4.39 Å². The minimum atomic E-state index is -1.01. The molecule has 2 nitrogen and oxygen atoms in total. The molecule has 0 fully saturated rings. The highest BCUT2D eigenvalue weighted by Gasteiger charge is 2.10. The lowest BCUT2D eigenvalue weighted by atomic mass is 10.1. The van der Waals surface area contributed by atoms with E-state index in [0.717, 1.165) is 11.6 Å². The number of halogens is 2. The summed E-state index contributed by atoms with van der Waals surface area (Å²) in [6.07, 6.45) is 0.0820. The van der Waals surface area contributed by atoms with E-state index in [2.05, 4.69) is 0 Å². The molecule has 1 N–H and O–H groups in total. The number of hydrogen-bond acceptors (Lipinski definition) is 2. The Kier molecular flexibility index (Phi) is 4.12. The largest absolute Gasteiger partial charge is 0.454 e. The topological polar surface area (TPSA) is 29.5 Å². The van der Waals surface area contributed by atoms with Gasteiger partial charge in [0.2, 0.25) is 5.82 Å². The molecule has 0 aliphatic rings. The zero-order valence-electron chi connectivity index (χ0n) is 10.4. The van der Waals surface area contributed by atoms with Crippen LogP contribution in [0.15, 0.2) is 42.5 Å². The standard InChI is InChI=1S/C15H14F2O2/c1-2-13(18)10-6-8-11(9-7-10)19-14-5-3-4-12(16)15(14)17/h3-9,13,18H,2H2,1H3/t13-/m1/s1. The fourth-order valence-corrected chi connectivity index (χ4v) is 1.68. The molecule has 0 saturated carbocycles. The molecule has 0 heterocycles.